The van der Waals surface area contributed by atoms with E-state index in [2.05, 4.69) is 18.4 Å². The topological polar surface area (TPSA) is 229 Å². The quantitative estimate of drug-likeness (QED) is 0.0174. The number of esters is 2. The predicted molar refractivity (Wildman–Crippen MR) is 218 cm³/mol. The molecule has 14 nitrogen and oxygen atoms in total. The van der Waals surface area contributed by atoms with Crippen molar-refractivity contribution in [1.82, 2.24) is 0 Å². The highest BCUT2D eigenvalue weighted by Crippen LogP contribution is 2.43. The molecule has 0 heterocycles. The summed E-state index contributed by atoms with van der Waals surface area (Å²) in [6.07, 6.45) is 23.2. The van der Waals surface area contributed by atoms with E-state index in [-0.39, 0.29) is 36.9 Å². The molecule has 0 bridgehead atoms. The summed E-state index contributed by atoms with van der Waals surface area (Å²) in [5.74, 6) is -3.19. The Kier molecular flexibility index (Phi) is 30.2. The SMILES string of the molecule is CCCCCCCCCCCCCCCC(=O)OC[C@H](COP(=O)(O)OC[C@H](N)C(=O)O)OC(=O)CCCCCC[C@H]1C(=O)C[C@@H](O)[C@@H]1/C=C/[C@@H](O)CCCCC. The smallest absolute Gasteiger partial charge is 0.472 e. The maximum atomic E-state index is 12.7. The minimum atomic E-state index is -4.78. The molecule has 1 aliphatic carbocycles. The number of ketones is 1. The number of carboxylic acids is 1. The van der Waals surface area contributed by atoms with Gasteiger partial charge in [-0.1, -0.05) is 142 Å². The van der Waals surface area contributed by atoms with Gasteiger partial charge in [-0.15, -0.1) is 0 Å². The molecular formula is C42H76NO13P. The molecule has 6 N–H and O–H groups in total. The van der Waals surface area contributed by atoms with Crippen molar-refractivity contribution >= 4 is 31.5 Å². The van der Waals surface area contributed by atoms with Crippen molar-refractivity contribution in [2.45, 2.75) is 199 Å². The first-order chi connectivity index (χ1) is 27.3. The van der Waals surface area contributed by atoms with E-state index in [4.69, 9.17) is 24.8 Å². The van der Waals surface area contributed by atoms with Crippen molar-refractivity contribution in [2.75, 3.05) is 19.8 Å². The minimum absolute atomic E-state index is 0.0158. The molecule has 0 aliphatic heterocycles. The number of phosphoric acid groups is 1. The summed E-state index contributed by atoms with van der Waals surface area (Å²) in [5, 5.41) is 29.6. The number of unbranched alkanes of at least 4 members (excludes halogenated alkanes) is 17. The zero-order valence-corrected chi connectivity index (χ0v) is 35.8. The Morgan fingerprint density at radius 3 is 1.86 bits per heavy atom. The number of carbonyl (C=O) groups is 4. The average Bonchev–Trinajstić information content (AvgIpc) is 3.44. The summed E-state index contributed by atoms with van der Waals surface area (Å²) in [7, 11) is -4.78. The highest BCUT2D eigenvalue weighted by molar-refractivity contribution is 7.47. The summed E-state index contributed by atoms with van der Waals surface area (Å²) < 4.78 is 32.7. The summed E-state index contributed by atoms with van der Waals surface area (Å²) in [6, 6.07) is -1.56. The Morgan fingerprint density at radius 1 is 0.772 bits per heavy atom. The van der Waals surface area contributed by atoms with Crippen LogP contribution in [-0.2, 0) is 42.3 Å². The molecule has 1 rings (SSSR count). The number of aliphatic carboxylic acids is 1. The van der Waals surface area contributed by atoms with E-state index in [0.717, 1.165) is 44.9 Å². The molecule has 0 aromatic heterocycles. The lowest BCUT2D eigenvalue weighted by Gasteiger charge is -2.20. The Morgan fingerprint density at radius 2 is 1.28 bits per heavy atom. The lowest BCUT2D eigenvalue weighted by Crippen LogP contribution is -2.34. The van der Waals surface area contributed by atoms with Crippen molar-refractivity contribution in [3.8, 4) is 0 Å². The summed E-state index contributed by atoms with van der Waals surface area (Å²) in [4.78, 5) is 58.7. The summed E-state index contributed by atoms with van der Waals surface area (Å²) >= 11 is 0. The number of aliphatic hydroxyl groups is 2. The minimum Gasteiger partial charge on any atom is -0.480 e. The predicted octanol–water partition coefficient (Wildman–Crippen LogP) is 7.87. The van der Waals surface area contributed by atoms with Crippen molar-refractivity contribution in [3.05, 3.63) is 12.2 Å². The fraction of sp³-hybridized carbons (Fsp3) is 0.857. The van der Waals surface area contributed by atoms with Gasteiger partial charge in [0.25, 0.3) is 0 Å². The van der Waals surface area contributed by atoms with Gasteiger partial charge in [-0.3, -0.25) is 28.2 Å². The molecule has 0 radical (unpaired) electrons. The molecule has 1 aliphatic rings. The number of hydrogen-bond donors (Lipinski definition) is 5. The first-order valence-corrected chi connectivity index (χ1v) is 23.3. The fourth-order valence-electron chi connectivity index (χ4n) is 6.90. The highest BCUT2D eigenvalue weighted by atomic mass is 31.2. The molecule has 57 heavy (non-hydrogen) atoms. The van der Waals surface area contributed by atoms with Gasteiger partial charge in [0.15, 0.2) is 6.10 Å². The average molecular weight is 834 g/mol. The maximum absolute atomic E-state index is 12.7. The lowest BCUT2D eigenvalue weighted by atomic mass is 9.88. The van der Waals surface area contributed by atoms with E-state index >= 15 is 0 Å². The number of ether oxygens (including phenoxy) is 2. The van der Waals surface area contributed by atoms with E-state index in [1.807, 2.05) is 0 Å². The Hall–Kier alpha value is -2.19. The first kappa shape index (κ1) is 52.8. The highest BCUT2D eigenvalue weighted by Gasteiger charge is 2.39. The number of carbonyl (C=O) groups excluding carboxylic acids is 3. The molecule has 1 fully saturated rings. The molecule has 7 atom stereocenters. The lowest BCUT2D eigenvalue weighted by molar-refractivity contribution is -0.161. The zero-order chi connectivity index (χ0) is 42.3. The van der Waals surface area contributed by atoms with Crippen molar-refractivity contribution < 1.29 is 62.5 Å². The molecule has 0 saturated heterocycles. The van der Waals surface area contributed by atoms with Gasteiger partial charge in [0.05, 0.1) is 25.4 Å². The van der Waals surface area contributed by atoms with Crippen molar-refractivity contribution in [2.24, 2.45) is 17.6 Å². The normalized spacial score (nSPS) is 19.7. The molecule has 1 unspecified atom stereocenters. The summed E-state index contributed by atoms with van der Waals surface area (Å²) in [6.45, 7) is 2.46. The van der Waals surface area contributed by atoms with Crippen molar-refractivity contribution in [3.63, 3.8) is 0 Å². The molecule has 332 valence electrons. The third kappa shape index (κ3) is 27.2. The van der Waals surface area contributed by atoms with Crippen LogP contribution in [-0.4, -0.2) is 88.1 Å². The van der Waals surface area contributed by atoms with Crippen LogP contribution in [0.1, 0.15) is 174 Å². The number of Topliss-reactive ketones (excluding diaryl/α,β-unsaturated/α-hetero) is 1. The molecule has 1 saturated carbocycles. The van der Waals surface area contributed by atoms with Crippen LogP contribution in [0.3, 0.4) is 0 Å². The zero-order valence-electron chi connectivity index (χ0n) is 34.9. The van der Waals surface area contributed by atoms with Gasteiger partial charge >= 0.3 is 25.7 Å². The monoisotopic (exact) mass is 834 g/mol. The Bertz CT molecular complexity index is 1180. The number of rotatable bonds is 37. The second kappa shape index (κ2) is 32.6. The molecule has 0 amide bonds. The fourth-order valence-corrected chi connectivity index (χ4v) is 7.68. The molecule has 0 aromatic rings. The second-order valence-electron chi connectivity index (χ2n) is 15.6. The van der Waals surface area contributed by atoms with Crippen LogP contribution in [0.25, 0.3) is 0 Å². The summed E-state index contributed by atoms with van der Waals surface area (Å²) in [5.41, 5.74) is 5.32. The van der Waals surface area contributed by atoms with E-state index in [9.17, 15) is 38.8 Å². The Labute approximate surface area is 341 Å². The van der Waals surface area contributed by atoms with E-state index in [1.54, 1.807) is 12.2 Å². The number of hydrogen-bond acceptors (Lipinski definition) is 12. The number of aliphatic hydroxyl groups excluding tert-OH is 2. The maximum Gasteiger partial charge on any atom is 0.472 e. The van der Waals surface area contributed by atoms with Crippen LogP contribution in [0.2, 0.25) is 0 Å². The van der Waals surface area contributed by atoms with Gasteiger partial charge in [0.2, 0.25) is 0 Å². The largest absolute Gasteiger partial charge is 0.480 e. The van der Waals surface area contributed by atoms with Crippen LogP contribution in [0, 0.1) is 11.8 Å². The van der Waals surface area contributed by atoms with Gasteiger partial charge in [-0.2, -0.15) is 0 Å². The van der Waals surface area contributed by atoms with Gasteiger partial charge < -0.3 is 35.4 Å². The van der Waals surface area contributed by atoms with Crippen LogP contribution in [0.15, 0.2) is 12.2 Å². The van der Waals surface area contributed by atoms with Gasteiger partial charge in [-0.25, -0.2) is 4.57 Å². The second-order valence-corrected chi connectivity index (χ2v) is 17.1. The third-order valence-electron chi connectivity index (χ3n) is 10.4. The van der Waals surface area contributed by atoms with Crippen LogP contribution >= 0.6 is 7.82 Å². The van der Waals surface area contributed by atoms with E-state index in [1.165, 1.54) is 57.8 Å². The molecule has 15 heteroatoms. The molecule has 0 aromatic carbocycles. The van der Waals surface area contributed by atoms with E-state index < -0.39 is 69.9 Å². The van der Waals surface area contributed by atoms with Gasteiger partial charge in [0.1, 0.15) is 18.4 Å². The number of carboxylic acid groups (broad SMARTS) is 1. The molecular weight excluding hydrogens is 757 g/mol. The van der Waals surface area contributed by atoms with Crippen LogP contribution < -0.4 is 5.73 Å². The molecule has 0 spiro atoms. The van der Waals surface area contributed by atoms with Gasteiger partial charge in [-0.05, 0) is 25.7 Å². The Balaban J connectivity index is 2.49. The first-order valence-electron chi connectivity index (χ1n) is 21.8. The van der Waals surface area contributed by atoms with Crippen molar-refractivity contribution in [1.29, 1.82) is 0 Å². The van der Waals surface area contributed by atoms with E-state index in [0.29, 0.717) is 38.5 Å². The number of nitrogens with two attached hydrogens (primary N) is 1. The van der Waals surface area contributed by atoms with Crippen LogP contribution in [0.5, 0.6) is 0 Å². The number of phosphoric ester groups is 1. The van der Waals surface area contributed by atoms with Crippen LogP contribution in [0.4, 0.5) is 0 Å². The van der Waals surface area contributed by atoms with Gasteiger partial charge in [0, 0.05) is 31.1 Å². The standard InChI is InChI=1S/C42H76NO13P/c1-3-5-7-8-9-10-11-12-13-14-15-16-21-25-40(47)53-30-34(31-54-57(51,52)55-32-37(43)42(49)50)56-41(48)26-22-18-17-20-24-35-36(39(46)29-38(35)45)28-27-33(44)23-19-6-4-2/h27-28,33-37,39,44,46H,3-26,29-32,43H2,1-2H3,(H,49,50)(H,51,52)/b28-27+/t33-,34+,35+,36+,37-,39+/m0/s1. The third-order valence-corrected chi connectivity index (χ3v) is 11.4.